The molecule has 2 heteroatoms. The molecular formula is C16H18OS. The molecule has 1 aromatic rings. The van der Waals surface area contributed by atoms with Gasteiger partial charge in [0, 0.05) is 22.0 Å². The number of hydrogen-bond donors (Lipinski definition) is 0. The van der Waals surface area contributed by atoms with Gasteiger partial charge in [-0.1, -0.05) is 36.4 Å². The minimum Gasteiger partial charge on any atom is -0.255 e. The van der Waals surface area contributed by atoms with E-state index in [0.717, 1.165) is 11.8 Å². The van der Waals surface area contributed by atoms with Crippen LogP contribution in [-0.4, -0.2) is 9.46 Å². The van der Waals surface area contributed by atoms with Crippen LogP contribution < -0.4 is 0 Å². The first-order valence-corrected chi connectivity index (χ1v) is 8.25. The second-order valence-corrected chi connectivity index (χ2v) is 7.44. The van der Waals surface area contributed by atoms with Crippen molar-refractivity contribution in [2.24, 2.45) is 17.8 Å². The number of rotatable bonds is 1. The Morgan fingerprint density at radius 1 is 1.06 bits per heavy atom. The van der Waals surface area contributed by atoms with Gasteiger partial charge in [-0.15, -0.1) is 0 Å². The van der Waals surface area contributed by atoms with Crippen LogP contribution in [-0.2, 0) is 10.8 Å². The van der Waals surface area contributed by atoms with Gasteiger partial charge >= 0.3 is 0 Å². The van der Waals surface area contributed by atoms with Crippen molar-refractivity contribution in [3.8, 4) is 0 Å². The summed E-state index contributed by atoms with van der Waals surface area (Å²) in [5.41, 5.74) is 1.41. The van der Waals surface area contributed by atoms with Crippen LogP contribution in [0.5, 0.6) is 0 Å². The molecule has 2 aliphatic carbocycles. The van der Waals surface area contributed by atoms with E-state index in [0.29, 0.717) is 17.1 Å². The van der Waals surface area contributed by atoms with Gasteiger partial charge in [0.1, 0.15) is 0 Å². The van der Waals surface area contributed by atoms with Crippen molar-refractivity contribution in [2.75, 3.05) is 0 Å². The molecule has 2 fully saturated rings. The molecule has 1 aliphatic heterocycles. The molecule has 1 unspecified atom stereocenters. The Kier molecular flexibility index (Phi) is 2.47. The van der Waals surface area contributed by atoms with Crippen molar-refractivity contribution in [3.05, 3.63) is 47.4 Å². The van der Waals surface area contributed by atoms with Gasteiger partial charge in [0.05, 0.1) is 0 Å². The van der Waals surface area contributed by atoms with Crippen molar-refractivity contribution in [3.63, 3.8) is 0 Å². The Morgan fingerprint density at radius 2 is 1.83 bits per heavy atom. The lowest BCUT2D eigenvalue weighted by Gasteiger charge is -2.37. The van der Waals surface area contributed by atoms with E-state index in [2.05, 4.69) is 36.4 Å². The summed E-state index contributed by atoms with van der Waals surface area (Å²) in [4.78, 5) is 0. The van der Waals surface area contributed by atoms with E-state index in [1.54, 1.807) is 0 Å². The molecule has 94 valence electrons. The third-order valence-corrected chi connectivity index (χ3v) is 6.85. The van der Waals surface area contributed by atoms with Crippen LogP contribution in [0.3, 0.4) is 0 Å². The summed E-state index contributed by atoms with van der Waals surface area (Å²) in [5.74, 6) is 2.69. The second kappa shape index (κ2) is 4.06. The number of benzene rings is 1. The molecule has 18 heavy (non-hydrogen) atoms. The predicted molar refractivity (Wildman–Crippen MR) is 74.6 cm³/mol. The summed E-state index contributed by atoms with van der Waals surface area (Å²) < 4.78 is 12.3. The zero-order valence-electron chi connectivity index (χ0n) is 10.4. The van der Waals surface area contributed by atoms with Gasteiger partial charge in [-0.2, -0.15) is 0 Å². The molecule has 0 N–H and O–H groups in total. The largest absolute Gasteiger partial charge is 0.255 e. The maximum absolute atomic E-state index is 12.3. The smallest absolute Gasteiger partial charge is 0.0490 e. The molecule has 6 atom stereocenters. The molecular weight excluding hydrogens is 240 g/mol. The highest BCUT2D eigenvalue weighted by Gasteiger charge is 2.53. The fourth-order valence-electron chi connectivity index (χ4n) is 4.52. The SMILES string of the molecule is O=S1C=C[C@@H](c2ccccc2)[C@@H]2[C@@H]3CC[C@@H](C3)[C@H]21. The fourth-order valence-corrected chi connectivity index (χ4v) is 6.35. The Labute approximate surface area is 111 Å². The lowest BCUT2D eigenvalue weighted by atomic mass is 9.75. The highest BCUT2D eigenvalue weighted by Crippen LogP contribution is 2.57. The van der Waals surface area contributed by atoms with Crippen LogP contribution >= 0.6 is 0 Å². The van der Waals surface area contributed by atoms with Gasteiger partial charge in [0.25, 0.3) is 0 Å². The Bertz CT molecular complexity index is 507. The van der Waals surface area contributed by atoms with Crippen molar-refractivity contribution < 1.29 is 4.21 Å². The molecule has 1 heterocycles. The number of fused-ring (bicyclic) bond motifs is 5. The first-order chi connectivity index (χ1) is 8.84. The molecule has 3 aliphatic rings. The van der Waals surface area contributed by atoms with Gasteiger partial charge < -0.3 is 0 Å². The van der Waals surface area contributed by atoms with Crippen molar-refractivity contribution in [2.45, 2.75) is 30.4 Å². The Morgan fingerprint density at radius 3 is 2.67 bits per heavy atom. The minimum atomic E-state index is -0.720. The van der Waals surface area contributed by atoms with E-state index in [9.17, 15) is 4.21 Å². The average molecular weight is 258 g/mol. The summed E-state index contributed by atoms with van der Waals surface area (Å²) in [6.07, 6.45) is 6.21. The van der Waals surface area contributed by atoms with Crippen LogP contribution in [0, 0.1) is 17.8 Å². The van der Waals surface area contributed by atoms with Crippen molar-refractivity contribution >= 4 is 10.8 Å². The van der Waals surface area contributed by atoms with Crippen molar-refractivity contribution in [1.29, 1.82) is 0 Å². The monoisotopic (exact) mass is 258 g/mol. The predicted octanol–water partition coefficient (Wildman–Crippen LogP) is 3.46. The molecule has 0 amide bonds. The van der Waals surface area contributed by atoms with E-state index in [1.165, 1.54) is 24.8 Å². The summed E-state index contributed by atoms with van der Waals surface area (Å²) in [5, 5.41) is 2.42. The van der Waals surface area contributed by atoms with Gasteiger partial charge in [-0.05, 0) is 48.0 Å². The fraction of sp³-hybridized carbons (Fsp3) is 0.500. The van der Waals surface area contributed by atoms with Gasteiger partial charge in [0.2, 0.25) is 0 Å². The number of hydrogen-bond acceptors (Lipinski definition) is 1. The van der Waals surface area contributed by atoms with E-state index in [4.69, 9.17) is 0 Å². The zero-order chi connectivity index (χ0) is 12.1. The third kappa shape index (κ3) is 1.48. The second-order valence-electron chi connectivity index (χ2n) is 5.97. The number of allylic oxidation sites excluding steroid dienone is 1. The van der Waals surface area contributed by atoms with Gasteiger partial charge in [0.15, 0.2) is 0 Å². The first kappa shape index (κ1) is 11.0. The molecule has 1 nitrogen and oxygen atoms in total. The van der Waals surface area contributed by atoms with Gasteiger partial charge in [-0.3, -0.25) is 4.21 Å². The third-order valence-electron chi connectivity index (χ3n) is 5.19. The molecule has 0 saturated heterocycles. The first-order valence-electron chi connectivity index (χ1n) is 6.97. The molecule has 2 bridgehead atoms. The van der Waals surface area contributed by atoms with Crippen LogP contribution in [0.4, 0.5) is 0 Å². The van der Waals surface area contributed by atoms with Crippen LogP contribution in [0.1, 0.15) is 30.7 Å². The summed E-state index contributed by atoms with van der Waals surface area (Å²) >= 11 is 0. The Hall–Kier alpha value is -0.890. The molecule has 0 spiro atoms. The maximum Gasteiger partial charge on any atom is 0.0490 e. The highest BCUT2D eigenvalue weighted by molar-refractivity contribution is 7.88. The van der Waals surface area contributed by atoms with E-state index in [1.807, 2.05) is 5.41 Å². The summed E-state index contributed by atoms with van der Waals surface area (Å²) in [7, 11) is -0.720. The molecule has 0 aromatic heterocycles. The lowest BCUT2D eigenvalue weighted by molar-refractivity contribution is 0.311. The van der Waals surface area contributed by atoms with E-state index < -0.39 is 10.8 Å². The maximum atomic E-state index is 12.3. The topological polar surface area (TPSA) is 17.1 Å². The molecule has 1 aromatic carbocycles. The Balaban J connectivity index is 1.76. The van der Waals surface area contributed by atoms with Crippen LogP contribution in [0.15, 0.2) is 41.8 Å². The van der Waals surface area contributed by atoms with Crippen molar-refractivity contribution in [1.82, 2.24) is 0 Å². The quantitative estimate of drug-likeness (QED) is 0.754. The van der Waals surface area contributed by atoms with E-state index >= 15 is 0 Å². The average Bonchev–Trinajstić information content (AvgIpc) is 3.02. The highest BCUT2D eigenvalue weighted by atomic mass is 32.2. The standard InChI is InChI=1S/C16H18OS/c17-18-9-8-14(11-4-2-1-3-5-11)15-12-6-7-13(10-12)16(15)18/h1-5,8-9,12-16H,6-7,10H2/t12-,13+,14+,15+,16-,18?/m1/s1. The molecule has 4 rings (SSSR count). The van der Waals surface area contributed by atoms with Gasteiger partial charge in [-0.25, -0.2) is 0 Å². The zero-order valence-corrected chi connectivity index (χ0v) is 11.2. The summed E-state index contributed by atoms with van der Waals surface area (Å²) in [6, 6.07) is 10.8. The normalized spacial score (nSPS) is 45.1. The lowest BCUT2D eigenvalue weighted by Crippen LogP contribution is -2.36. The molecule has 2 saturated carbocycles. The molecule has 0 radical (unpaired) electrons. The summed E-state index contributed by atoms with van der Waals surface area (Å²) in [6.45, 7) is 0. The van der Waals surface area contributed by atoms with Crippen LogP contribution in [0.2, 0.25) is 0 Å². The van der Waals surface area contributed by atoms with E-state index in [-0.39, 0.29) is 0 Å². The van der Waals surface area contributed by atoms with Crippen LogP contribution in [0.25, 0.3) is 0 Å². The minimum absolute atomic E-state index is 0.443.